The quantitative estimate of drug-likeness (QED) is 0.461. The van der Waals surface area contributed by atoms with Crippen molar-refractivity contribution >= 4 is 21.7 Å². The monoisotopic (exact) mass is 547 g/mol. The first-order valence-corrected chi connectivity index (χ1v) is 14.7. The minimum Gasteiger partial charge on any atom is -0.497 e. The number of rotatable bonds is 9. The van der Waals surface area contributed by atoms with Gasteiger partial charge in [0, 0.05) is 39.3 Å². The average Bonchev–Trinajstić information content (AvgIpc) is 3.55. The van der Waals surface area contributed by atoms with Crippen LogP contribution in [0.15, 0.2) is 21.6 Å². The number of aryl methyl sites for hydroxylation is 2. The summed E-state index contributed by atoms with van der Waals surface area (Å²) in [5, 5.41) is 3.81. The molecule has 0 bridgehead atoms. The van der Waals surface area contributed by atoms with Crippen LogP contribution in [0.3, 0.4) is 0 Å². The molecule has 2 aromatic rings. The number of hydrogen-bond donors (Lipinski definition) is 0. The Bertz CT molecular complexity index is 1240. The Morgan fingerprint density at radius 3 is 2.34 bits per heavy atom. The summed E-state index contributed by atoms with van der Waals surface area (Å²) in [5.74, 6) is 0.284. The third-order valence-electron chi connectivity index (χ3n) is 7.43. The molecular formula is C26H37N5O6S. The summed E-state index contributed by atoms with van der Waals surface area (Å²) in [6, 6.07) is 3.40. The molecule has 11 nitrogen and oxygen atoms in total. The molecule has 0 atom stereocenters. The Hall–Kier alpha value is -2.99. The summed E-state index contributed by atoms with van der Waals surface area (Å²) >= 11 is 0. The highest BCUT2D eigenvalue weighted by Crippen LogP contribution is 2.28. The van der Waals surface area contributed by atoms with Crippen LogP contribution in [0, 0.1) is 13.8 Å². The van der Waals surface area contributed by atoms with E-state index < -0.39 is 15.6 Å². The largest absolute Gasteiger partial charge is 0.497 e. The Balaban J connectivity index is 1.29. The number of benzene rings is 1. The molecule has 38 heavy (non-hydrogen) atoms. The molecule has 0 N–H and O–H groups in total. The molecule has 0 unspecified atom stereocenters. The van der Waals surface area contributed by atoms with Crippen molar-refractivity contribution in [1.82, 2.24) is 24.8 Å². The molecule has 2 fully saturated rings. The van der Waals surface area contributed by atoms with E-state index in [0.717, 1.165) is 51.9 Å². The van der Waals surface area contributed by atoms with E-state index in [-0.39, 0.29) is 40.9 Å². The fraction of sp³-hybridized carbons (Fsp3) is 0.615. The highest BCUT2D eigenvalue weighted by molar-refractivity contribution is 7.90. The zero-order chi connectivity index (χ0) is 27.4. The van der Waals surface area contributed by atoms with Crippen molar-refractivity contribution in [1.29, 1.82) is 0 Å². The number of sulfone groups is 1. The third-order valence-corrected chi connectivity index (χ3v) is 9.33. The molecule has 1 aromatic carbocycles. The summed E-state index contributed by atoms with van der Waals surface area (Å²) in [7, 11) is -0.445. The van der Waals surface area contributed by atoms with Gasteiger partial charge in [-0.2, -0.15) is 4.98 Å². The fourth-order valence-corrected chi connectivity index (χ4v) is 7.06. The first kappa shape index (κ1) is 28.0. The smallest absolute Gasteiger partial charge is 0.236 e. The van der Waals surface area contributed by atoms with Gasteiger partial charge in [0.2, 0.25) is 17.7 Å². The number of ether oxygens (including phenoxy) is 1. The average molecular weight is 548 g/mol. The molecule has 2 aliphatic heterocycles. The predicted molar refractivity (Wildman–Crippen MR) is 139 cm³/mol. The maximum Gasteiger partial charge on any atom is 0.236 e. The van der Waals surface area contributed by atoms with E-state index in [4.69, 9.17) is 9.26 Å². The lowest BCUT2D eigenvalue weighted by molar-refractivity contribution is -0.134. The number of carbonyl (C=O) groups is 2. The molecule has 1 aromatic heterocycles. The van der Waals surface area contributed by atoms with Crippen molar-refractivity contribution in [2.24, 2.45) is 0 Å². The SMILES string of the molecule is COc1cc(C)c(S(=O)(=O)Cc2noc(CC(=O)N(C)C3CCN(CC(=O)N4CCCC4)CC3)n2)c(C)c1. The van der Waals surface area contributed by atoms with E-state index in [0.29, 0.717) is 23.4 Å². The fourth-order valence-electron chi connectivity index (χ4n) is 5.36. The summed E-state index contributed by atoms with van der Waals surface area (Å²) in [4.78, 5) is 35.5. The Morgan fingerprint density at radius 2 is 1.74 bits per heavy atom. The molecule has 2 amide bonds. The lowest BCUT2D eigenvalue weighted by atomic mass is 10.0. The highest BCUT2D eigenvalue weighted by atomic mass is 32.2. The van der Waals surface area contributed by atoms with Crippen molar-refractivity contribution in [3.05, 3.63) is 35.0 Å². The molecule has 0 spiro atoms. The maximum absolute atomic E-state index is 13.1. The van der Waals surface area contributed by atoms with Gasteiger partial charge < -0.3 is 19.1 Å². The van der Waals surface area contributed by atoms with Gasteiger partial charge in [-0.3, -0.25) is 14.5 Å². The summed E-state index contributed by atoms with van der Waals surface area (Å²) < 4.78 is 36.6. The molecule has 3 heterocycles. The summed E-state index contributed by atoms with van der Waals surface area (Å²) in [5.41, 5.74) is 1.16. The number of aromatic nitrogens is 2. The van der Waals surface area contributed by atoms with Crippen molar-refractivity contribution < 1.29 is 27.3 Å². The highest BCUT2D eigenvalue weighted by Gasteiger charge is 2.29. The number of amides is 2. The number of likely N-dealkylation sites (tertiary alicyclic amines) is 2. The van der Waals surface area contributed by atoms with Crippen molar-refractivity contribution in [3.63, 3.8) is 0 Å². The minimum atomic E-state index is -3.74. The van der Waals surface area contributed by atoms with Crippen molar-refractivity contribution in [3.8, 4) is 5.75 Å². The molecular weight excluding hydrogens is 510 g/mol. The molecule has 12 heteroatoms. The van der Waals surface area contributed by atoms with Gasteiger partial charge in [-0.15, -0.1) is 0 Å². The van der Waals surface area contributed by atoms with Crippen LogP contribution in [0.25, 0.3) is 0 Å². The molecule has 2 aliphatic rings. The van der Waals surface area contributed by atoms with Crippen LogP contribution in [0.4, 0.5) is 0 Å². The van der Waals surface area contributed by atoms with E-state index in [2.05, 4.69) is 15.0 Å². The topological polar surface area (TPSA) is 126 Å². The van der Waals surface area contributed by atoms with Crippen molar-refractivity contribution in [2.45, 2.75) is 62.6 Å². The van der Waals surface area contributed by atoms with Crippen LogP contribution >= 0.6 is 0 Å². The molecule has 0 aliphatic carbocycles. The number of hydrogen-bond acceptors (Lipinski definition) is 9. The second-order valence-electron chi connectivity index (χ2n) is 10.2. The van der Waals surface area contributed by atoms with Crippen LogP contribution in [-0.2, 0) is 31.6 Å². The number of methoxy groups -OCH3 is 1. The molecule has 2 saturated heterocycles. The Kier molecular flexibility index (Phi) is 8.71. The molecule has 0 radical (unpaired) electrons. The predicted octanol–water partition coefficient (Wildman–Crippen LogP) is 1.76. The van der Waals surface area contributed by atoms with E-state index >= 15 is 0 Å². The van der Waals surface area contributed by atoms with Gasteiger partial charge in [0.15, 0.2) is 15.7 Å². The van der Waals surface area contributed by atoms with E-state index in [1.165, 1.54) is 7.11 Å². The Labute approximate surface area is 224 Å². The van der Waals surface area contributed by atoms with Gasteiger partial charge in [-0.25, -0.2) is 8.42 Å². The number of carbonyl (C=O) groups excluding carboxylic acids is 2. The normalized spacial score (nSPS) is 17.1. The number of nitrogens with zero attached hydrogens (tertiary/aromatic N) is 5. The van der Waals surface area contributed by atoms with Gasteiger partial charge in [-0.05, 0) is 62.8 Å². The lowest BCUT2D eigenvalue weighted by Gasteiger charge is -2.36. The Morgan fingerprint density at radius 1 is 1.11 bits per heavy atom. The van der Waals surface area contributed by atoms with E-state index in [9.17, 15) is 18.0 Å². The van der Waals surface area contributed by atoms with Gasteiger partial charge >= 0.3 is 0 Å². The second-order valence-corrected chi connectivity index (χ2v) is 12.2. The van der Waals surface area contributed by atoms with Crippen LogP contribution < -0.4 is 4.74 Å². The summed E-state index contributed by atoms with van der Waals surface area (Å²) in [6.45, 7) is 7.10. The zero-order valence-electron chi connectivity index (χ0n) is 22.6. The van der Waals surface area contributed by atoms with Crippen LogP contribution in [0.2, 0.25) is 0 Å². The van der Waals surface area contributed by atoms with Gasteiger partial charge in [0.05, 0.1) is 18.6 Å². The molecule has 4 rings (SSSR count). The van der Waals surface area contributed by atoms with Gasteiger partial charge in [0.1, 0.15) is 17.9 Å². The molecule has 0 saturated carbocycles. The third kappa shape index (κ3) is 6.52. The summed E-state index contributed by atoms with van der Waals surface area (Å²) in [6.07, 6.45) is 3.63. The van der Waals surface area contributed by atoms with E-state index in [1.54, 1.807) is 37.9 Å². The number of piperidine rings is 1. The maximum atomic E-state index is 13.1. The second kappa shape index (κ2) is 11.8. The van der Waals surface area contributed by atoms with E-state index in [1.807, 2.05) is 4.90 Å². The number of likely N-dealkylation sites (N-methyl/N-ethyl adjacent to an activating group) is 1. The standard InChI is InChI=1S/C26H37N5O6S/c1-18-13-21(36-4)14-19(2)26(18)38(34,35)17-22-27-23(37-28-22)15-24(32)29(3)20-7-11-30(12-8-20)16-25(33)31-9-5-6-10-31/h13-14,20H,5-12,15-17H2,1-4H3. The van der Waals surface area contributed by atoms with Gasteiger partial charge in [0.25, 0.3) is 0 Å². The van der Waals surface area contributed by atoms with Crippen LogP contribution in [-0.4, -0.2) is 98.0 Å². The van der Waals surface area contributed by atoms with Crippen LogP contribution in [0.5, 0.6) is 5.75 Å². The first-order chi connectivity index (χ1) is 18.1. The lowest BCUT2D eigenvalue weighted by Crippen LogP contribution is -2.48. The minimum absolute atomic E-state index is 0.0149. The van der Waals surface area contributed by atoms with Gasteiger partial charge in [-0.1, -0.05) is 5.16 Å². The van der Waals surface area contributed by atoms with Crippen molar-refractivity contribution in [2.75, 3.05) is 46.9 Å². The zero-order valence-corrected chi connectivity index (χ0v) is 23.4. The molecule has 208 valence electrons. The van der Waals surface area contributed by atoms with Crippen LogP contribution in [0.1, 0.15) is 48.5 Å². The first-order valence-electron chi connectivity index (χ1n) is 13.0.